The summed E-state index contributed by atoms with van der Waals surface area (Å²) in [5, 5.41) is 0. The fourth-order valence-electron chi connectivity index (χ4n) is 1.48. The Bertz CT molecular complexity index is 749. The minimum atomic E-state index is -3.96. The summed E-state index contributed by atoms with van der Waals surface area (Å²) >= 11 is 2.97. The molecule has 0 aliphatic carbocycles. The molecule has 0 fully saturated rings. The van der Waals surface area contributed by atoms with E-state index in [0.29, 0.717) is 0 Å². The number of nitrogens with two attached hydrogens (primary N) is 1. The topological polar surface area (TPSA) is 72.2 Å². The van der Waals surface area contributed by atoms with Crippen molar-refractivity contribution in [3.63, 3.8) is 0 Å². The summed E-state index contributed by atoms with van der Waals surface area (Å²) < 4.78 is 52.6. The third-order valence-electron chi connectivity index (χ3n) is 2.44. The van der Waals surface area contributed by atoms with Crippen LogP contribution < -0.4 is 10.5 Å². The molecule has 0 atom stereocenters. The van der Waals surface area contributed by atoms with Gasteiger partial charge in [0.1, 0.15) is 16.5 Å². The minimum Gasteiger partial charge on any atom is -0.396 e. The highest BCUT2D eigenvalue weighted by Gasteiger charge is 2.20. The van der Waals surface area contributed by atoms with E-state index in [-0.39, 0.29) is 20.7 Å². The highest BCUT2D eigenvalue weighted by molar-refractivity contribution is 9.10. The van der Waals surface area contributed by atoms with Crippen LogP contribution in [0, 0.1) is 11.6 Å². The molecule has 3 N–H and O–H groups in total. The van der Waals surface area contributed by atoms with Gasteiger partial charge in [0.2, 0.25) is 0 Å². The average Bonchev–Trinajstić information content (AvgIpc) is 2.36. The predicted molar refractivity (Wildman–Crippen MR) is 75.7 cm³/mol. The van der Waals surface area contributed by atoms with Crippen molar-refractivity contribution in [3.05, 3.63) is 52.5 Å². The van der Waals surface area contributed by atoms with Gasteiger partial charge in [0.25, 0.3) is 10.0 Å². The highest BCUT2D eigenvalue weighted by atomic mass is 79.9. The number of halogens is 3. The van der Waals surface area contributed by atoms with E-state index in [1.165, 1.54) is 12.1 Å². The molecule has 20 heavy (non-hydrogen) atoms. The van der Waals surface area contributed by atoms with Crippen LogP contribution in [0.15, 0.2) is 45.8 Å². The molecule has 0 amide bonds. The summed E-state index contributed by atoms with van der Waals surface area (Å²) in [4.78, 5) is -0.208. The fourth-order valence-corrected chi connectivity index (χ4v) is 3.59. The first kappa shape index (κ1) is 14.7. The summed E-state index contributed by atoms with van der Waals surface area (Å²) in [5.74, 6) is -1.21. The van der Waals surface area contributed by atoms with Crippen LogP contribution in [0.2, 0.25) is 0 Å². The summed E-state index contributed by atoms with van der Waals surface area (Å²) in [7, 11) is -3.96. The number of nitrogens with one attached hydrogen (secondary N) is 1. The van der Waals surface area contributed by atoms with Crippen molar-refractivity contribution in [2.24, 2.45) is 0 Å². The SMILES string of the molecule is Nc1cc(S(=O)(=O)Nc2ccc(F)cc2)c(Br)cc1F. The molecule has 0 aromatic heterocycles. The largest absolute Gasteiger partial charge is 0.396 e. The lowest BCUT2D eigenvalue weighted by molar-refractivity contribution is 0.599. The molecule has 0 saturated heterocycles. The maximum atomic E-state index is 13.2. The second kappa shape index (κ2) is 5.37. The van der Waals surface area contributed by atoms with Crippen LogP contribution in [0.4, 0.5) is 20.2 Å². The molecule has 0 spiro atoms. The number of rotatable bonds is 3. The molecule has 2 aromatic carbocycles. The van der Waals surface area contributed by atoms with E-state index in [0.717, 1.165) is 24.3 Å². The molecule has 0 aliphatic rings. The van der Waals surface area contributed by atoms with Crippen molar-refractivity contribution in [1.82, 2.24) is 0 Å². The van der Waals surface area contributed by atoms with Gasteiger partial charge in [0.05, 0.1) is 5.69 Å². The van der Waals surface area contributed by atoms with Crippen molar-refractivity contribution in [2.45, 2.75) is 4.90 Å². The van der Waals surface area contributed by atoms with Gasteiger partial charge in [-0.15, -0.1) is 0 Å². The Kier molecular flexibility index (Phi) is 3.96. The lowest BCUT2D eigenvalue weighted by Crippen LogP contribution is -2.14. The zero-order valence-corrected chi connectivity index (χ0v) is 12.3. The van der Waals surface area contributed by atoms with Crippen LogP contribution in [0.5, 0.6) is 0 Å². The molecule has 0 aliphatic heterocycles. The summed E-state index contributed by atoms with van der Waals surface area (Å²) in [6, 6.07) is 6.75. The molecule has 2 aromatic rings. The molecule has 2 rings (SSSR count). The molecular weight excluding hydrogens is 354 g/mol. The Morgan fingerprint density at radius 2 is 1.70 bits per heavy atom. The van der Waals surface area contributed by atoms with Crippen LogP contribution in [0.3, 0.4) is 0 Å². The van der Waals surface area contributed by atoms with Crippen molar-refractivity contribution < 1.29 is 17.2 Å². The standard InChI is InChI=1S/C12H9BrF2N2O2S/c13-9-5-10(15)11(16)6-12(9)20(18,19)17-8-3-1-7(14)2-4-8/h1-6,17H,16H2. The number of nitrogen functional groups attached to an aromatic ring is 1. The monoisotopic (exact) mass is 362 g/mol. The van der Waals surface area contributed by atoms with Gasteiger partial charge in [-0.25, -0.2) is 17.2 Å². The summed E-state index contributed by atoms with van der Waals surface area (Å²) in [6.07, 6.45) is 0. The number of hydrogen-bond acceptors (Lipinski definition) is 3. The van der Waals surface area contributed by atoms with Gasteiger partial charge in [-0.1, -0.05) is 0 Å². The van der Waals surface area contributed by atoms with Crippen LogP contribution in [-0.4, -0.2) is 8.42 Å². The van der Waals surface area contributed by atoms with Crippen LogP contribution in [-0.2, 0) is 10.0 Å². The molecule has 106 valence electrons. The molecule has 0 heterocycles. The van der Waals surface area contributed by atoms with Crippen LogP contribution >= 0.6 is 15.9 Å². The quantitative estimate of drug-likeness (QED) is 0.824. The Morgan fingerprint density at radius 1 is 1.10 bits per heavy atom. The summed E-state index contributed by atoms with van der Waals surface area (Å²) in [5.41, 5.74) is 5.26. The van der Waals surface area contributed by atoms with Gasteiger partial charge in [0, 0.05) is 10.2 Å². The third-order valence-corrected chi connectivity index (χ3v) is 4.78. The molecular formula is C12H9BrF2N2O2S. The number of sulfonamides is 1. The molecule has 4 nitrogen and oxygen atoms in total. The van der Waals surface area contributed by atoms with E-state index in [9.17, 15) is 17.2 Å². The van der Waals surface area contributed by atoms with E-state index in [1.54, 1.807) is 0 Å². The second-order valence-electron chi connectivity index (χ2n) is 3.92. The zero-order valence-electron chi connectivity index (χ0n) is 9.90. The van der Waals surface area contributed by atoms with E-state index in [1.807, 2.05) is 0 Å². The number of hydrogen-bond donors (Lipinski definition) is 2. The first-order valence-electron chi connectivity index (χ1n) is 5.32. The van der Waals surface area contributed by atoms with Gasteiger partial charge in [0.15, 0.2) is 0 Å². The van der Waals surface area contributed by atoms with Crippen molar-refractivity contribution in [1.29, 1.82) is 0 Å². The number of anilines is 2. The van der Waals surface area contributed by atoms with Gasteiger partial charge in [-0.05, 0) is 52.3 Å². The predicted octanol–water partition coefficient (Wildman–Crippen LogP) is 3.11. The molecule has 0 bridgehead atoms. The van der Waals surface area contributed by atoms with Crippen LogP contribution in [0.25, 0.3) is 0 Å². The van der Waals surface area contributed by atoms with Crippen molar-refractivity contribution in [2.75, 3.05) is 10.5 Å². The average molecular weight is 363 g/mol. The Balaban J connectivity index is 2.40. The van der Waals surface area contributed by atoms with E-state index >= 15 is 0 Å². The summed E-state index contributed by atoms with van der Waals surface area (Å²) in [6.45, 7) is 0. The second-order valence-corrected chi connectivity index (χ2v) is 6.42. The van der Waals surface area contributed by atoms with E-state index in [4.69, 9.17) is 5.73 Å². The maximum absolute atomic E-state index is 13.2. The van der Waals surface area contributed by atoms with Gasteiger partial charge < -0.3 is 5.73 Å². The first-order chi connectivity index (χ1) is 9.29. The molecule has 0 saturated carbocycles. The Hall–Kier alpha value is -1.67. The Labute approximate surface area is 122 Å². The Morgan fingerprint density at radius 3 is 2.30 bits per heavy atom. The lowest BCUT2D eigenvalue weighted by atomic mass is 10.3. The fraction of sp³-hybridized carbons (Fsp3) is 0. The lowest BCUT2D eigenvalue weighted by Gasteiger charge is -2.10. The maximum Gasteiger partial charge on any atom is 0.263 e. The van der Waals surface area contributed by atoms with Crippen LogP contribution in [0.1, 0.15) is 0 Å². The highest BCUT2D eigenvalue weighted by Crippen LogP contribution is 2.28. The van der Waals surface area contributed by atoms with Crippen molar-refractivity contribution >= 4 is 37.3 Å². The van der Waals surface area contributed by atoms with Gasteiger partial charge >= 0.3 is 0 Å². The van der Waals surface area contributed by atoms with Gasteiger partial charge in [-0.3, -0.25) is 4.72 Å². The molecule has 0 unspecified atom stereocenters. The molecule has 0 radical (unpaired) electrons. The smallest absolute Gasteiger partial charge is 0.263 e. The first-order valence-corrected chi connectivity index (χ1v) is 7.60. The zero-order chi connectivity index (χ0) is 14.9. The normalized spacial score (nSPS) is 11.3. The van der Waals surface area contributed by atoms with E-state index < -0.39 is 21.7 Å². The van der Waals surface area contributed by atoms with E-state index in [2.05, 4.69) is 20.7 Å². The van der Waals surface area contributed by atoms with Crippen molar-refractivity contribution in [3.8, 4) is 0 Å². The molecule has 8 heteroatoms. The number of benzene rings is 2. The minimum absolute atomic E-state index is 0.0406. The van der Waals surface area contributed by atoms with Gasteiger partial charge in [-0.2, -0.15) is 0 Å². The third kappa shape index (κ3) is 3.07.